The van der Waals surface area contributed by atoms with Crippen LogP contribution >= 0.6 is 0 Å². The van der Waals surface area contributed by atoms with E-state index < -0.39 is 23.2 Å². The van der Waals surface area contributed by atoms with E-state index in [9.17, 15) is 13.6 Å². The van der Waals surface area contributed by atoms with Gasteiger partial charge in [0.25, 0.3) is 0 Å². The molecule has 0 bridgehead atoms. The van der Waals surface area contributed by atoms with E-state index in [0.717, 1.165) is 80.7 Å². The SMILES string of the molecule is Cc1cc2c(-c3ccc(-c4ccc(OC(=O)c5ccc(F)cc5F)cc4)cc3)cc3c(c2cc1C)C=CC(c1ccccc1)(c1ccc(N2CCCC2)cc1)O3. The van der Waals surface area contributed by atoms with Gasteiger partial charge in [-0.3, -0.25) is 0 Å². The zero-order valence-corrected chi connectivity index (χ0v) is 31.2. The van der Waals surface area contributed by atoms with Crippen LogP contribution in [0.4, 0.5) is 14.5 Å². The van der Waals surface area contributed by atoms with E-state index in [-0.39, 0.29) is 11.3 Å². The normalized spacial score (nSPS) is 16.1. The average molecular weight is 740 g/mol. The number of carbonyl (C=O) groups excluding carboxylic acids is 1. The minimum absolute atomic E-state index is 0.258. The molecule has 56 heavy (non-hydrogen) atoms. The minimum Gasteiger partial charge on any atom is -0.473 e. The highest BCUT2D eigenvalue weighted by atomic mass is 19.1. The molecule has 1 unspecified atom stereocenters. The fourth-order valence-electron chi connectivity index (χ4n) is 8.02. The van der Waals surface area contributed by atoms with Crippen LogP contribution in [0.1, 0.15) is 51.0 Å². The molecule has 0 aliphatic carbocycles. The Morgan fingerprint density at radius 3 is 1.98 bits per heavy atom. The predicted octanol–water partition coefficient (Wildman–Crippen LogP) is 12.2. The van der Waals surface area contributed by atoms with Crippen LogP contribution in [0.15, 0.2) is 146 Å². The molecule has 2 aliphatic heterocycles. The first-order valence-electron chi connectivity index (χ1n) is 19.0. The van der Waals surface area contributed by atoms with Gasteiger partial charge in [-0.1, -0.05) is 91.0 Å². The molecule has 2 aliphatic rings. The van der Waals surface area contributed by atoms with Gasteiger partial charge < -0.3 is 14.4 Å². The first-order chi connectivity index (χ1) is 27.3. The third-order valence-electron chi connectivity index (χ3n) is 11.2. The molecule has 6 heteroatoms. The number of carbonyl (C=O) groups is 1. The van der Waals surface area contributed by atoms with Crippen molar-refractivity contribution in [3.8, 4) is 33.8 Å². The number of aryl methyl sites for hydroxylation is 2. The van der Waals surface area contributed by atoms with Gasteiger partial charge in [-0.15, -0.1) is 0 Å². The standard InChI is InChI=1S/C50H39F2NO3/c1-32-28-45-42-24-25-50(37-8-4-3-5-9-37,38-16-19-40(20-17-38)53-26-6-7-27-53)56-48(42)31-44(46(45)29-33(32)2)36-12-10-34(11-13-36)35-14-21-41(22-15-35)55-49(54)43-23-18-39(51)30-47(43)52/h3-5,8-25,28-31H,6-7,26-27H2,1-2H3. The van der Waals surface area contributed by atoms with Gasteiger partial charge in [-0.25, -0.2) is 13.6 Å². The van der Waals surface area contributed by atoms with E-state index in [1.807, 2.05) is 18.2 Å². The van der Waals surface area contributed by atoms with E-state index in [0.29, 0.717) is 6.07 Å². The number of ether oxygens (including phenoxy) is 2. The van der Waals surface area contributed by atoms with E-state index in [1.165, 1.54) is 29.7 Å². The van der Waals surface area contributed by atoms with Crippen molar-refractivity contribution >= 4 is 28.5 Å². The second-order valence-electron chi connectivity index (χ2n) is 14.7. The Balaban J connectivity index is 1.06. The van der Waals surface area contributed by atoms with Gasteiger partial charge in [0.15, 0.2) is 5.60 Å². The van der Waals surface area contributed by atoms with Crippen molar-refractivity contribution in [1.29, 1.82) is 0 Å². The second kappa shape index (κ2) is 14.3. The van der Waals surface area contributed by atoms with Crippen molar-refractivity contribution < 1.29 is 23.0 Å². The summed E-state index contributed by atoms with van der Waals surface area (Å²) >= 11 is 0. The molecular weight excluding hydrogens is 701 g/mol. The molecule has 1 atom stereocenters. The Morgan fingerprint density at radius 1 is 0.679 bits per heavy atom. The van der Waals surface area contributed by atoms with E-state index in [4.69, 9.17) is 9.47 Å². The fourth-order valence-corrected chi connectivity index (χ4v) is 8.02. The monoisotopic (exact) mass is 739 g/mol. The number of rotatable bonds is 7. The van der Waals surface area contributed by atoms with Crippen molar-refractivity contribution in [3.63, 3.8) is 0 Å². The van der Waals surface area contributed by atoms with Gasteiger partial charge in [-0.05, 0) is 125 Å². The van der Waals surface area contributed by atoms with Gasteiger partial charge in [0.2, 0.25) is 0 Å². The minimum atomic E-state index is -0.968. The molecule has 4 nitrogen and oxygen atoms in total. The van der Waals surface area contributed by atoms with Crippen LogP contribution in [0, 0.1) is 25.5 Å². The highest BCUT2D eigenvalue weighted by Gasteiger charge is 2.38. The number of halogens is 2. The first kappa shape index (κ1) is 35.2. The summed E-state index contributed by atoms with van der Waals surface area (Å²) in [6, 6.07) is 44.2. The zero-order chi connectivity index (χ0) is 38.4. The van der Waals surface area contributed by atoms with Crippen molar-refractivity contribution in [2.45, 2.75) is 32.3 Å². The molecule has 0 saturated carbocycles. The average Bonchev–Trinajstić information content (AvgIpc) is 3.77. The predicted molar refractivity (Wildman–Crippen MR) is 220 cm³/mol. The smallest absolute Gasteiger partial charge is 0.346 e. The summed E-state index contributed by atoms with van der Waals surface area (Å²) < 4.78 is 40.1. The lowest BCUT2D eigenvalue weighted by Gasteiger charge is -2.37. The van der Waals surface area contributed by atoms with Gasteiger partial charge in [-0.2, -0.15) is 0 Å². The lowest BCUT2D eigenvalue weighted by Crippen LogP contribution is -2.34. The summed E-state index contributed by atoms with van der Waals surface area (Å²) in [4.78, 5) is 15.0. The zero-order valence-electron chi connectivity index (χ0n) is 31.2. The molecule has 0 spiro atoms. The lowest BCUT2D eigenvalue weighted by atomic mass is 9.82. The third kappa shape index (κ3) is 6.41. The summed E-state index contributed by atoms with van der Waals surface area (Å²) in [5.74, 6) is -1.54. The van der Waals surface area contributed by atoms with Crippen molar-refractivity contribution in [3.05, 3.63) is 191 Å². The summed E-state index contributed by atoms with van der Waals surface area (Å²) in [5, 5.41) is 2.29. The summed E-state index contributed by atoms with van der Waals surface area (Å²) in [6.07, 6.45) is 6.91. The van der Waals surface area contributed by atoms with Gasteiger partial charge in [0, 0.05) is 41.5 Å². The number of anilines is 1. The number of fused-ring (bicyclic) bond motifs is 3. The highest BCUT2D eigenvalue weighted by Crippen LogP contribution is 2.47. The Labute approximate surface area is 325 Å². The van der Waals surface area contributed by atoms with E-state index in [2.05, 4.69) is 122 Å². The summed E-state index contributed by atoms with van der Waals surface area (Å²) in [7, 11) is 0. The summed E-state index contributed by atoms with van der Waals surface area (Å²) in [5.41, 5.74) is 9.75. The van der Waals surface area contributed by atoms with Gasteiger partial charge in [0.1, 0.15) is 23.1 Å². The maximum Gasteiger partial charge on any atom is 0.346 e. The number of hydrogen-bond acceptors (Lipinski definition) is 4. The fraction of sp³-hybridized carbons (Fsp3) is 0.140. The Kier molecular flexibility index (Phi) is 8.97. The topological polar surface area (TPSA) is 38.8 Å². The molecule has 0 radical (unpaired) electrons. The molecule has 7 aromatic carbocycles. The third-order valence-corrected chi connectivity index (χ3v) is 11.2. The van der Waals surface area contributed by atoms with Crippen LogP contribution in [0.5, 0.6) is 11.5 Å². The largest absolute Gasteiger partial charge is 0.473 e. The van der Waals surface area contributed by atoms with Crippen LogP contribution in [0.25, 0.3) is 39.1 Å². The Hall–Kier alpha value is -6.53. The number of benzene rings is 7. The molecule has 0 N–H and O–H groups in total. The molecule has 1 fully saturated rings. The molecule has 7 aromatic rings. The number of hydrogen-bond donors (Lipinski definition) is 0. The lowest BCUT2D eigenvalue weighted by molar-refractivity contribution is 0.0729. The van der Waals surface area contributed by atoms with Crippen molar-refractivity contribution in [2.75, 3.05) is 18.0 Å². The molecule has 0 aromatic heterocycles. The van der Waals surface area contributed by atoms with E-state index in [1.54, 1.807) is 12.1 Å². The quantitative estimate of drug-likeness (QED) is 0.121. The van der Waals surface area contributed by atoms with Crippen LogP contribution < -0.4 is 14.4 Å². The summed E-state index contributed by atoms with van der Waals surface area (Å²) in [6.45, 7) is 6.49. The molecule has 2 heterocycles. The van der Waals surface area contributed by atoms with Crippen molar-refractivity contribution in [1.82, 2.24) is 0 Å². The molecule has 276 valence electrons. The Morgan fingerprint density at radius 2 is 1.30 bits per heavy atom. The van der Waals surface area contributed by atoms with Crippen LogP contribution in [-0.2, 0) is 5.60 Å². The maximum absolute atomic E-state index is 14.1. The van der Waals surface area contributed by atoms with Crippen LogP contribution in [0.2, 0.25) is 0 Å². The number of nitrogens with zero attached hydrogens (tertiary/aromatic N) is 1. The molecule has 0 amide bonds. The van der Waals surface area contributed by atoms with Crippen LogP contribution in [0.3, 0.4) is 0 Å². The Bertz CT molecular complexity index is 2630. The van der Waals surface area contributed by atoms with Crippen LogP contribution in [-0.4, -0.2) is 19.1 Å². The van der Waals surface area contributed by atoms with Gasteiger partial charge in [0.05, 0.1) is 5.56 Å². The maximum atomic E-state index is 14.1. The molecular formula is C50H39F2NO3. The molecule has 9 rings (SSSR count). The van der Waals surface area contributed by atoms with Gasteiger partial charge >= 0.3 is 5.97 Å². The molecule has 1 saturated heterocycles. The highest BCUT2D eigenvalue weighted by molar-refractivity contribution is 6.04. The van der Waals surface area contributed by atoms with Crippen molar-refractivity contribution in [2.24, 2.45) is 0 Å². The number of esters is 1. The van der Waals surface area contributed by atoms with E-state index >= 15 is 0 Å². The second-order valence-corrected chi connectivity index (χ2v) is 14.7. The first-order valence-corrected chi connectivity index (χ1v) is 19.0.